The van der Waals surface area contributed by atoms with Crippen molar-refractivity contribution in [2.75, 3.05) is 10.6 Å². The molecule has 0 unspecified atom stereocenters. The first-order valence-electron chi connectivity index (χ1n) is 5.01. The van der Waals surface area contributed by atoms with Gasteiger partial charge >= 0.3 is 6.03 Å². The Morgan fingerprint density at radius 1 is 1.28 bits per heavy atom. The number of rotatable bonds is 2. The average molecular weight is 253 g/mol. The summed E-state index contributed by atoms with van der Waals surface area (Å²) < 4.78 is 30.6. The van der Waals surface area contributed by atoms with Gasteiger partial charge in [-0.15, -0.1) is 0 Å². The number of aryl methyl sites for hydroxylation is 1. The number of carbonyl (C=O) groups is 1. The Hall–Kier alpha value is -2.44. The Labute approximate surface area is 101 Å². The number of carbonyl (C=O) groups excluding carboxylic acids is 1. The number of aromatic nitrogens is 1. The van der Waals surface area contributed by atoms with Crippen molar-refractivity contribution in [3.05, 3.63) is 41.7 Å². The molecule has 2 amide bonds. The standard InChI is InChI=1S/C11H9F2N3O2/c1-6-4-10(16-18-6)15-11(17)14-9-3-2-7(12)5-8(9)13/h2-5H,1H3,(H2,14,15,16,17). The fraction of sp³-hybridized carbons (Fsp3) is 0.0909. The molecule has 0 radical (unpaired) electrons. The van der Waals surface area contributed by atoms with Crippen molar-refractivity contribution < 1.29 is 18.1 Å². The second-order valence-electron chi connectivity index (χ2n) is 3.53. The first kappa shape index (κ1) is 12.0. The van der Waals surface area contributed by atoms with E-state index < -0.39 is 17.7 Å². The number of amides is 2. The fourth-order valence-corrected chi connectivity index (χ4v) is 1.29. The molecular weight excluding hydrogens is 244 g/mol. The van der Waals surface area contributed by atoms with Crippen molar-refractivity contribution in [2.45, 2.75) is 6.92 Å². The Balaban J connectivity index is 2.03. The van der Waals surface area contributed by atoms with E-state index >= 15 is 0 Å². The summed E-state index contributed by atoms with van der Waals surface area (Å²) in [4.78, 5) is 11.5. The van der Waals surface area contributed by atoms with Crippen molar-refractivity contribution >= 4 is 17.5 Å². The normalized spacial score (nSPS) is 10.2. The van der Waals surface area contributed by atoms with E-state index in [9.17, 15) is 13.6 Å². The van der Waals surface area contributed by atoms with Gasteiger partial charge in [-0.05, 0) is 19.1 Å². The molecule has 2 aromatic rings. The molecule has 0 saturated heterocycles. The van der Waals surface area contributed by atoms with Crippen molar-refractivity contribution in [3.8, 4) is 0 Å². The van der Waals surface area contributed by atoms with Gasteiger partial charge < -0.3 is 9.84 Å². The van der Waals surface area contributed by atoms with Crippen LogP contribution in [-0.4, -0.2) is 11.2 Å². The van der Waals surface area contributed by atoms with Crippen molar-refractivity contribution in [3.63, 3.8) is 0 Å². The molecule has 2 N–H and O–H groups in total. The number of nitrogens with one attached hydrogen (secondary N) is 2. The summed E-state index contributed by atoms with van der Waals surface area (Å²) in [5, 5.41) is 8.09. The Kier molecular flexibility index (Phi) is 3.22. The molecule has 0 saturated carbocycles. The van der Waals surface area contributed by atoms with Gasteiger partial charge in [0.05, 0.1) is 5.69 Å². The van der Waals surface area contributed by atoms with Crippen LogP contribution in [0.5, 0.6) is 0 Å². The third-order valence-corrected chi connectivity index (χ3v) is 2.05. The summed E-state index contributed by atoms with van der Waals surface area (Å²) in [5.74, 6) is -0.849. The van der Waals surface area contributed by atoms with Gasteiger partial charge in [-0.2, -0.15) is 0 Å². The van der Waals surface area contributed by atoms with Gasteiger partial charge in [0.1, 0.15) is 17.4 Å². The second kappa shape index (κ2) is 4.82. The number of hydrogen-bond acceptors (Lipinski definition) is 3. The third-order valence-electron chi connectivity index (χ3n) is 2.05. The molecule has 0 fully saturated rings. The van der Waals surface area contributed by atoms with E-state index in [1.807, 2.05) is 0 Å². The van der Waals surface area contributed by atoms with Crippen molar-refractivity contribution in [2.24, 2.45) is 0 Å². The van der Waals surface area contributed by atoms with E-state index in [-0.39, 0.29) is 11.5 Å². The maximum absolute atomic E-state index is 13.2. The topological polar surface area (TPSA) is 67.2 Å². The summed E-state index contributed by atoms with van der Waals surface area (Å²) in [5.41, 5.74) is -0.130. The minimum Gasteiger partial charge on any atom is -0.360 e. The smallest absolute Gasteiger partial charge is 0.325 e. The molecule has 0 aliphatic rings. The summed E-state index contributed by atoms with van der Waals surface area (Å²) >= 11 is 0. The van der Waals surface area contributed by atoms with Crippen LogP contribution in [0.2, 0.25) is 0 Å². The van der Waals surface area contributed by atoms with Crippen LogP contribution in [0.1, 0.15) is 5.76 Å². The highest BCUT2D eigenvalue weighted by atomic mass is 19.1. The molecule has 0 atom stereocenters. The van der Waals surface area contributed by atoms with Gasteiger partial charge in [-0.3, -0.25) is 5.32 Å². The second-order valence-corrected chi connectivity index (χ2v) is 3.53. The molecule has 1 aromatic heterocycles. The van der Waals surface area contributed by atoms with Gasteiger partial charge in [-0.1, -0.05) is 5.16 Å². The number of hydrogen-bond donors (Lipinski definition) is 2. The van der Waals surface area contributed by atoms with Gasteiger partial charge in [0.2, 0.25) is 0 Å². The minimum atomic E-state index is -0.860. The molecule has 5 nitrogen and oxygen atoms in total. The molecule has 0 bridgehead atoms. The number of anilines is 2. The summed E-state index contributed by atoms with van der Waals surface area (Å²) in [6, 6.07) is 3.64. The van der Waals surface area contributed by atoms with Gasteiger partial charge in [0.25, 0.3) is 0 Å². The first-order valence-corrected chi connectivity index (χ1v) is 5.01. The highest BCUT2D eigenvalue weighted by Gasteiger charge is 2.09. The predicted molar refractivity (Wildman–Crippen MR) is 60.2 cm³/mol. The van der Waals surface area contributed by atoms with Crippen molar-refractivity contribution in [1.82, 2.24) is 5.16 Å². The maximum atomic E-state index is 13.2. The van der Waals surface area contributed by atoms with Crippen LogP contribution in [0, 0.1) is 18.6 Å². The maximum Gasteiger partial charge on any atom is 0.325 e. The van der Waals surface area contributed by atoms with E-state index in [4.69, 9.17) is 4.52 Å². The zero-order valence-electron chi connectivity index (χ0n) is 9.33. The molecular formula is C11H9F2N3O2. The minimum absolute atomic E-state index is 0.130. The van der Waals surface area contributed by atoms with E-state index in [0.717, 1.165) is 12.1 Å². The lowest BCUT2D eigenvalue weighted by atomic mass is 10.3. The van der Waals surface area contributed by atoms with Crippen LogP contribution < -0.4 is 10.6 Å². The summed E-state index contributed by atoms with van der Waals surface area (Å²) in [6.45, 7) is 1.66. The highest BCUT2D eigenvalue weighted by Crippen LogP contribution is 2.15. The Morgan fingerprint density at radius 2 is 2.06 bits per heavy atom. The van der Waals surface area contributed by atoms with Crippen LogP contribution in [0.4, 0.5) is 25.1 Å². The molecule has 0 aliphatic carbocycles. The zero-order valence-corrected chi connectivity index (χ0v) is 9.33. The van der Waals surface area contributed by atoms with Gasteiger partial charge in [0.15, 0.2) is 5.82 Å². The SMILES string of the molecule is Cc1cc(NC(=O)Nc2ccc(F)cc2F)no1. The van der Waals surface area contributed by atoms with E-state index in [2.05, 4.69) is 15.8 Å². The average Bonchev–Trinajstić information content (AvgIpc) is 2.68. The monoisotopic (exact) mass is 253 g/mol. The lowest BCUT2D eigenvalue weighted by Gasteiger charge is -2.06. The van der Waals surface area contributed by atoms with E-state index in [1.54, 1.807) is 6.92 Å². The molecule has 1 aromatic carbocycles. The Bertz CT molecular complexity index is 583. The molecule has 18 heavy (non-hydrogen) atoms. The summed E-state index contributed by atoms with van der Waals surface area (Å²) in [6.07, 6.45) is 0. The van der Waals surface area contributed by atoms with Gasteiger partial charge in [-0.25, -0.2) is 13.6 Å². The van der Waals surface area contributed by atoms with Crippen molar-refractivity contribution in [1.29, 1.82) is 0 Å². The number of urea groups is 1. The lowest BCUT2D eigenvalue weighted by molar-refractivity contribution is 0.261. The zero-order chi connectivity index (χ0) is 13.1. The van der Waals surface area contributed by atoms with Crippen LogP contribution >= 0.6 is 0 Å². The quantitative estimate of drug-likeness (QED) is 0.864. The van der Waals surface area contributed by atoms with Crippen LogP contribution in [-0.2, 0) is 0 Å². The third kappa shape index (κ3) is 2.82. The molecule has 1 heterocycles. The predicted octanol–water partition coefficient (Wildman–Crippen LogP) is 2.91. The lowest BCUT2D eigenvalue weighted by Crippen LogP contribution is -2.20. The van der Waals surface area contributed by atoms with Crippen LogP contribution in [0.25, 0.3) is 0 Å². The molecule has 94 valence electrons. The van der Waals surface area contributed by atoms with E-state index in [0.29, 0.717) is 11.8 Å². The fourth-order valence-electron chi connectivity index (χ4n) is 1.29. The molecule has 0 spiro atoms. The number of nitrogens with zero attached hydrogens (tertiary/aromatic N) is 1. The molecule has 2 rings (SSSR count). The summed E-state index contributed by atoms with van der Waals surface area (Å²) in [7, 11) is 0. The van der Waals surface area contributed by atoms with Gasteiger partial charge in [0, 0.05) is 12.1 Å². The molecule has 7 heteroatoms. The largest absolute Gasteiger partial charge is 0.360 e. The number of halogens is 2. The molecule has 0 aliphatic heterocycles. The Morgan fingerprint density at radius 3 is 2.67 bits per heavy atom. The van der Waals surface area contributed by atoms with Crippen LogP contribution in [0.15, 0.2) is 28.8 Å². The van der Waals surface area contributed by atoms with E-state index in [1.165, 1.54) is 6.07 Å². The number of benzene rings is 1. The first-order chi connectivity index (χ1) is 8.54. The highest BCUT2D eigenvalue weighted by molar-refractivity contribution is 5.99. The van der Waals surface area contributed by atoms with Crippen LogP contribution in [0.3, 0.4) is 0 Å².